The monoisotopic (exact) mass is 365 g/mol. The number of hydrogen-bond acceptors (Lipinski definition) is 7. The number of fused-ring (bicyclic) bond motifs is 1. The van der Waals surface area contributed by atoms with Crippen LogP contribution in [0.15, 0.2) is 40.8 Å². The van der Waals surface area contributed by atoms with Crippen molar-refractivity contribution in [1.29, 1.82) is 5.26 Å². The number of oxazole rings is 1. The second kappa shape index (κ2) is 7.86. The van der Waals surface area contributed by atoms with Crippen molar-refractivity contribution in [3.05, 3.63) is 42.0 Å². The van der Waals surface area contributed by atoms with Crippen LogP contribution < -0.4 is 16.0 Å². The van der Waals surface area contributed by atoms with Gasteiger partial charge >= 0.3 is 0 Å². The minimum absolute atomic E-state index is 0.0993. The number of carbonyl (C=O) groups excluding carboxylic acids is 1. The third kappa shape index (κ3) is 4.06. The molecule has 0 spiro atoms. The predicted molar refractivity (Wildman–Crippen MR) is 102 cm³/mol. The van der Waals surface area contributed by atoms with Crippen LogP contribution in [0.2, 0.25) is 0 Å². The number of nitriles is 1. The molecular formula is C19H19N5O3. The van der Waals surface area contributed by atoms with E-state index in [4.69, 9.17) is 4.42 Å². The molecule has 0 saturated carbocycles. The van der Waals surface area contributed by atoms with Crippen LogP contribution in [-0.2, 0) is 4.79 Å². The molecule has 0 aliphatic heterocycles. The Morgan fingerprint density at radius 1 is 1.37 bits per heavy atom. The molecule has 1 amide bonds. The van der Waals surface area contributed by atoms with Gasteiger partial charge in [-0.3, -0.25) is 10.1 Å². The van der Waals surface area contributed by atoms with Gasteiger partial charge in [0.25, 0.3) is 6.01 Å². The third-order valence-electron chi connectivity index (χ3n) is 3.82. The molecule has 0 bridgehead atoms. The summed E-state index contributed by atoms with van der Waals surface area (Å²) in [5.74, 6) is -0.186. The lowest BCUT2D eigenvalue weighted by atomic mass is 10.0. The Hall–Kier alpha value is -3.41. The highest BCUT2D eigenvalue weighted by Crippen LogP contribution is 2.33. The molecule has 4 N–H and O–H groups in total. The number of benzene rings is 2. The molecule has 1 atom stereocenters. The lowest BCUT2D eigenvalue weighted by Gasteiger charge is -2.10. The fraction of sp³-hybridized carbons (Fsp3) is 0.211. The minimum Gasteiger partial charge on any atom is -0.422 e. The van der Waals surface area contributed by atoms with Gasteiger partial charge in [-0.15, -0.1) is 0 Å². The van der Waals surface area contributed by atoms with Gasteiger partial charge in [0.2, 0.25) is 5.91 Å². The number of carbonyl (C=O) groups is 1. The zero-order valence-corrected chi connectivity index (χ0v) is 14.9. The van der Waals surface area contributed by atoms with Crippen molar-refractivity contribution in [1.82, 2.24) is 10.3 Å². The third-order valence-corrected chi connectivity index (χ3v) is 3.82. The molecule has 8 nitrogen and oxygen atoms in total. The molecule has 1 heterocycles. The molecule has 0 radical (unpaired) electrons. The summed E-state index contributed by atoms with van der Waals surface area (Å²) in [6, 6.07) is 13.0. The average molecular weight is 365 g/mol. The van der Waals surface area contributed by atoms with Gasteiger partial charge in [-0.1, -0.05) is 25.1 Å². The van der Waals surface area contributed by atoms with Gasteiger partial charge in [-0.25, -0.2) is 0 Å². The molecular weight excluding hydrogens is 346 g/mol. The Morgan fingerprint density at radius 3 is 2.85 bits per heavy atom. The topological polar surface area (TPSA) is 123 Å². The van der Waals surface area contributed by atoms with E-state index in [-0.39, 0.29) is 11.9 Å². The first-order chi connectivity index (χ1) is 13.0. The number of anilines is 2. The first-order valence-electron chi connectivity index (χ1n) is 8.41. The van der Waals surface area contributed by atoms with Gasteiger partial charge in [-0.05, 0) is 30.3 Å². The molecule has 1 unspecified atom stereocenters. The lowest BCUT2D eigenvalue weighted by Crippen LogP contribution is -2.35. The molecule has 0 fully saturated rings. The Morgan fingerprint density at radius 2 is 2.15 bits per heavy atom. The molecule has 138 valence electrons. The van der Waals surface area contributed by atoms with Crippen molar-refractivity contribution >= 4 is 28.7 Å². The van der Waals surface area contributed by atoms with E-state index in [9.17, 15) is 15.2 Å². The van der Waals surface area contributed by atoms with Crippen molar-refractivity contribution in [3.8, 4) is 17.2 Å². The summed E-state index contributed by atoms with van der Waals surface area (Å²) >= 11 is 0. The van der Waals surface area contributed by atoms with Crippen molar-refractivity contribution in [2.75, 3.05) is 17.2 Å². The van der Waals surface area contributed by atoms with E-state index < -0.39 is 6.35 Å². The number of aliphatic hydroxyl groups excluding tert-OH is 1. The van der Waals surface area contributed by atoms with Crippen LogP contribution in [0.25, 0.3) is 22.2 Å². The van der Waals surface area contributed by atoms with Crippen LogP contribution in [0.1, 0.15) is 19.4 Å². The summed E-state index contributed by atoms with van der Waals surface area (Å²) in [4.78, 5) is 15.8. The van der Waals surface area contributed by atoms with Crippen molar-refractivity contribution in [3.63, 3.8) is 0 Å². The molecule has 0 saturated heterocycles. The average Bonchev–Trinajstić information content (AvgIpc) is 3.03. The first-order valence-corrected chi connectivity index (χ1v) is 8.41. The number of aromatic nitrogens is 1. The highest BCUT2D eigenvalue weighted by Gasteiger charge is 2.16. The zero-order valence-electron chi connectivity index (χ0n) is 14.9. The van der Waals surface area contributed by atoms with E-state index in [0.29, 0.717) is 28.9 Å². The highest BCUT2D eigenvalue weighted by molar-refractivity contribution is 5.96. The smallest absolute Gasteiger partial charge is 0.298 e. The highest BCUT2D eigenvalue weighted by atomic mass is 16.4. The Balaban J connectivity index is 2.06. The standard InChI is InChI=1S/C19H19N5O3/c1-3-21-18(26)24-19-23-16-9-12(8-13(10-20)17(16)27-19)14-6-4-5-7-15(14)22-11(2)25/h4-9,18,21,26H,3H2,1-2H3,(H,22,25)(H,23,24). The summed E-state index contributed by atoms with van der Waals surface area (Å²) in [7, 11) is 0. The van der Waals surface area contributed by atoms with Gasteiger partial charge in [0, 0.05) is 18.2 Å². The molecule has 3 rings (SSSR count). The van der Waals surface area contributed by atoms with E-state index in [1.807, 2.05) is 25.1 Å². The van der Waals surface area contributed by atoms with Crippen LogP contribution in [0.5, 0.6) is 0 Å². The maximum atomic E-state index is 11.5. The number of rotatable bonds is 6. The largest absolute Gasteiger partial charge is 0.422 e. The van der Waals surface area contributed by atoms with Gasteiger partial charge in [0.05, 0.1) is 5.56 Å². The molecule has 0 aliphatic rings. The summed E-state index contributed by atoms with van der Waals surface area (Å²) in [5.41, 5.74) is 3.21. The Kier molecular flexibility index (Phi) is 5.35. The van der Waals surface area contributed by atoms with Crippen LogP contribution in [0.3, 0.4) is 0 Å². The summed E-state index contributed by atoms with van der Waals surface area (Å²) in [5, 5.41) is 27.5. The normalized spacial score (nSPS) is 11.8. The van der Waals surface area contributed by atoms with Crippen molar-refractivity contribution in [2.45, 2.75) is 20.2 Å². The molecule has 0 aliphatic carbocycles. The SMILES string of the molecule is CCNC(O)Nc1nc2cc(-c3ccccc3NC(C)=O)cc(C#N)c2o1. The summed E-state index contributed by atoms with van der Waals surface area (Å²) in [6.45, 7) is 3.84. The van der Waals surface area contributed by atoms with Gasteiger partial charge in [0.1, 0.15) is 11.6 Å². The molecule has 27 heavy (non-hydrogen) atoms. The summed E-state index contributed by atoms with van der Waals surface area (Å²) < 4.78 is 5.58. The van der Waals surface area contributed by atoms with Crippen LogP contribution in [0.4, 0.5) is 11.7 Å². The minimum atomic E-state index is -1.02. The molecule has 8 heteroatoms. The fourth-order valence-electron chi connectivity index (χ4n) is 2.73. The van der Waals surface area contributed by atoms with Crippen LogP contribution >= 0.6 is 0 Å². The van der Waals surface area contributed by atoms with Crippen LogP contribution in [0, 0.1) is 11.3 Å². The van der Waals surface area contributed by atoms with Crippen molar-refractivity contribution in [2.24, 2.45) is 0 Å². The Bertz CT molecular complexity index is 1020. The number of amides is 1. The number of para-hydroxylation sites is 1. The zero-order chi connectivity index (χ0) is 19.4. The number of nitrogens with zero attached hydrogens (tertiary/aromatic N) is 2. The fourth-order valence-corrected chi connectivity index (χ4v) is 2.73. The second-order valence-electron chi connectivity index (χ2n) is 5.83. The van der Waals surface area contributed by atoms with E-state index in [1.54, 1.807) is 18.2 Å². The van der Waals surface area contributed by atoms with E-state index >= 15 is 0 Å². The second-order valence-corrected chi connectivity index (χ2v) is 5.83. The molecule has 2 aromatic carbocycles. The maximum absolute atomic E-state index is 11.5. The van der Waals surface area contributed by atoms with E-state index in [0.717, 1.165) is 11.1 Å². The Labute approximate surface area is 155 Å². The quantitative estimate of drug-likeness (QED) is 0.495. The van der Waals surface area contributed by atoms with Gasteiger partial charge in [0.15, 0.2) is 11.9 Å². The molecule has 3 aromatic rings. The number of aliphatic hydroxyl groups is 1. The van der Waals surface area contributed by atoms with Gasteiger partial charge in [-0.2, -0.15) is 10.2 Å². The van der Waals surface area contributed by atoms with Crippen LogP contribution in [-0.4, -0.2) is 28.9 Å². The van der Waals surface area contributed by atoms with Crippen molar-refractivity contribution < 1.29 is 14.3 Å². The van der Waals surface area contributed by atoms with E-state index in [1.165, 1.54) is 6.92 Å². The summed E-state index contributed by atoms with van der Waals surface area (Å²) in [6.07, 6.45) is -1.02. The van der Waals surface area contributed by atoms with Gasteiger partial charge < -0.3 is 20.2 Å². The lowest BCUT2D eigenvalue weighted by molar-refractivity contribution is -0.114. The van der Waals surface area contributed by atoms with E-state index in [2.05, 4.69) is 27.0 Å². The predicted octanol–water partition coefficient (Wildman–Crippen LogP) is 2.62. The number of nitrogens with one attached hydrogen (secondary N) is 3. The first kappa shape index (κ1) is 18.4. The molecule has 1 aromatic heterocycles. The number of hydrogen-bond donors (Lipinski definition) is 4. The maximum Gasteiger partial charge on any atom is 0.298 e.